The van der Waals surface area contributed by atoms with Gasteiger partial charge in [0.15, 0.2) is 0 Å². The van der Waals surface area contributed by atoms with E-state index in [1.807, 2.05) is 0 Å². The molecule has 1 N–H and O–H groups in total. The maximum absolute atomic E-state index is 10.9. The van der Waals surface area contributed by atoms with Crippen molar-refractivity contribution in [2.24, 2.45) is 39.9 Å². The lowest BCUT2D eigenvalue weighted by Gasteiger charge is -2.59. The van der Waals surface area contributed by atoms with E-state index in [9.17, 15) is 5.11 Å². The molecule has 4 fully saturated rings. The van der Waals surface area contributed by atoms with Gasteiger partial charge in [0, 0.05) is 0 Å². The zero-order valence-corrected chi connectivity index (χ0v) is 14.7. The average Bonchev–Trinajstić information content (AvgIpc) is 3.06. The van der Waals surface area contributed by atoms with Crippen molar-refractivity contribution in [3.05, 3.63) is 0 Å². The summed E-state index contributed by atoms with van der Waals surface area (Å²) in [5.41, 5.74) is 1.19. The first-order valence-electron chi connectivity index (χ1n) is 9.40. The molecule has 0 radical (unpaired) electrons. The van der Waals surface area contributed by atoms with E-state index in [1.165, 1.54) is 38.5 Å². The van der Waals surface area contributed by atoms with E-state index in [0.29, 0.717) is 22.2 Å². The van der Waals surface area contributed by atoms with Crippen molar-refractivity contribution in [1.82, 2.24) is 0 Å². The van der Waals surface area contributed by atoms with Crippen molar-refractivity contribution in [2.75, 3.05) is 0 Å². The molecule has 0 aromatic rings. The van der Waals surface area contributed by atoms with Crippen LogP contribution in [-0.4, -0.2) is 10.7 Å². The van der Waals surface area contributed by atoms with Crippen LogP contribution in [-0.2, 0) is 0 Å². The highest BCUT2D eigenvalue weighted by atomic mass is 16.3. The minimum absolute atomic E-state index is 0.381. The molecule has 7 unspecified atom stereocenters. The molecule has 1 spiro atoms. The number of fused-ring (bicyclic) bond motifs is 1. The molecule has 4 saturated carbocycles. The highest BCUT2D eigenvalue weighted by Crippen LogP contribution is 2.83. The molecule has 4 aliphatic carbocycles. The lowest BCUT2D eigenvalue weighted by atomic mass is 9.46. The third kappa shape index (κ3) is 1.53. The monoisotopic (exact) mass is 290 g/mol. The fraction of sp³-hybridized carbons (Fsp3) is 1.00. The van der Waals surface area contributed by atoms with Crippen molar-refractivity contribution in [3.8, 4) is 0 Å². The normalized spacial score (nSPS) is 62.1. The summed E-state index contributed by atoms with van der Waals surface area (Å²) in [5, 5.41) is 10.9. The average molecular weight is 290 g/mol. The van der Waals surface area contributed by atoms with Gasteiger partial charge in [-0.1, -0.05) is 27.7 Å². The van der Waals surface area contributed by atoms with Crippen molar-refractivity contribution >= 4 is 0 Å². The van der Waals surface area contributed by atoms with Gasteiger partial charge < -0.3 is 5.11 Å². The van der Waals surface area contributed by atoms with E-state index in [1.54, 1.807) is 0 Å². The first-order chi connectivity index (χ1) is 9.67. The Morgan fingerprint density at radius 3 is 2.24 bits per heavy atom. The highest BCUT2D eigenvalue weighted by molar-refractivity contribution is 5.27. The molecule has 4 aliphatic rings. The van der Waals surface area contributed by atoms with Gasteiger partial charge in [-0.25, -0.2) is 0 Å². The van der Waals surface area contributed by atoms with E-state index in [2.05, 4.69) is 34.6 Å². The van der Waals surface area contributed by atoms with E-state index < -0.39 is 0 Å². The lowest BCUT2D eigenvalue weighted by molar-refractivity contribution is -0.135. The highest BCUT2D eigenvalue weighted by Gasteiger charge is 2.78. The standard InChI is InChI=1S/C20H34O/c1-13(2)14-6-7-15-18(14,4)10-8-17(3)9-11-19(5,21)16-12-20(15,16)17/h13-16,21H,6-12H2,1-5H3. The zero-order valence-electron chi connectivity index (χ0n) is 14.7. The molecule has 1 heteroatoms. The van der Waals surface area contributed by atoms with Crippen LogP contribution in [0.15, 0.2) is 0 Å². The van der Waals surface area contributed by atoms with Gasteiger partial charge >= 0.3 is 0 Å². The molecule has 4 rings (SSSR count). The smallest absolute Gasteiger partial charge is 0.0653 e. The number of aliphatic hydroxyl groups is 1. The third-order valence-corrected chi connectivity index (χ3v) is 9.11. The van der Waals surface area contributed by atoms with Crippen LogP contribution >= 0.6 is 0 Å². The second-order valence-corrected chi connectivity index (χ2v) is 10.2. The summed E-state index contributed by atoms with van der Waals surface area (Å²) in [5.74, 6) is 3.21. The predicted molar refractivity (Wildman–Crippen MR) is 86.9 cm³/mol. The van der Waals surface area contributed by atoms with Crippen LogP contribution in [0.4, 0.5) is 0 Å². The number of rotatable bonds is 1. The first-order valence-corrected chi connectivity index (χ1v) is 9.40. The van der Waals surface area contributed by atoms with Crippen LogP contribution in [0.5, 0.6) is 0 Å². The molecule has 7 atom stereocenters. The minimum atomic E-state index is -0.381. The van der Waals surface area contributed by atoms with E-state index in [4.69, 9.17) is 0 Å². The van der Waals surface area contributed by atoms with Crippen LogP contribution in [0.25, 0.3) is 0 Å². The lowest BCUT2D eigenvalue weighted by Crippen LogP contribution is -2.54. The molecule has 1 nitrogen and oxygen atoms in total. The summed E-state index contributed by atoms with van der Waals surface area (Å²) in [7, 11) is 0. The molecule has 0 saturated heterocycles. The Kier molecular flexibility index (Phi) is 2.69. The van der Waals surface area contributed by atoms with Gasteiger partial charge in [0.05, 0.1) is 5.60 Å². The Labute approximate surface area is 130 Å². The Balaban J connectivity index is 1.75. The van der Waals surface area contributed by atoms with E-state index >= 15 is 0 Å². The number of hydrogen-bond donors (Lipinski definition) is 1. The van der Waals surface area contributed by atoms with Crippen LogP contribution in [0.3, 0.4) is 0 Å². The van der Waals surface area contributed by atoms with E-state index in [-0.39, 0.29) is 5.60 Å². The van der Waals surface area contributed by atoms with Gasteiger partial charge in [0.25, 0.3) is 0 Å². The van der Waals surface area contributed by atoms with Crippen molar-refractivity contribution in [3.63, 3.8) is 0 Å². The molecule has 21 heavy (non-hydrogen) atoms. The second kappa shape index (κ2) is 3.89. The molecule has 0 amide bonds. The summed E-state index contributed by atoms with van der Waals surface area (Å²) >= 11 is 0. The minimum Gasteiger partial charge on any atom is -0.390 e. The number of hydrogen-bond acceptors (Lipinski definition) is 1. The van der Waals surface area contributed by atoms with Crippen LogP contribution in [0.1, 0.15) is 79.6 Å². The molecule has 120 valence electrons. The maximum atomic E-state index is 10.9. The SMILES string of the molecule is CC(C)C1CCC2C1(C)CCC1(C)CCC(C)(O)C3CC321. The Bertz CT molecular complexity index is 466. The zero-order chi connectivity index (χ0) is 15.3. The quantitative estimate of drug-likeness (QED) is 0.718. The summed E-state index contributed by atoms with van der Waals surface area (Å²) in [6, 6.07) is 0. The molecular weight excluding hydrogens is 256 g/mol. The second-order valence-electron chi connectivity index (χ2n) is 10.2. The Morgan fingerprint density at radius 2 is 1.57 bits per heavy atom. The molecule has 0 aliphatic heterocycles. The van der Waals surface area contributed by atoms with Crippen LogP contribution < -0.4 is 0 Å². The van der Waals surface area contributed by atoms with Gasteiger partial charge in [0.2, 0.25) is 0 Å². The Morgan fingerprint density at radius 1 is 0.905 bits per heavy atom. The van der Waals surface area contributed by atoms with Gasteiger partial charge in [-0.05, 0) is 91.8 Å². The molecule has 0 bridgehead atoms. The van der Waals surface area contributed by atoms with Gasteiger partial charge in [-0.2, -0.15) is 0 Å². The fourth-order valence-electron chi connectivity index (χ4n) is 7.93. The summed E-state index contributed by atoms with van der Waals surface area (Å²) in [6.07, 6.45) is 9.33. The summed E-state index contributed by atoms with van der Waals surface area (Å²) < 4.78 is 0. The van der Waals surface area contributed by atoms with Crippen molar-refractivity contribution in [1.29, 1.82) is 0 Å². The molecule has 0 heterocycles. The molecular formula is C20H34O. The first kappa shape index (κ1) is 14.5. The van der Waals surface area contributed by atoms with Gasteiger partial charge in [-0.15, -0.1) is 0 Å². The van der Waals surface area contributed by atoms with Crippen molar-refractivity contribution < 1.29 is 5.11 Å². The van der Waals surface area contributed by atoms with Gasteiger partial charge in [-0.3, -0.25) is 0 Å². The van der Waals surface area contributed by atoms with Crippen LogP contribution in [0.2, 0.25) is 0 Å². The summed E-state index contributed by atoms with van der Waals surface area (Å²) in [4.78, 5) is 0. The largest absolute Gasteiger partial charge is 0.390 e. The molecule has 0 aromatic carbocycles. The maximum Gasteiger partial charge on any atom is 0.0653 e. The van der Waals surface area contributed by atoms with Gasteiger partial charge in [0.1, 0.15) is 0 Å². The van der Waals surface area contributed by atoms with E-state index in [0.717, 1.165) is 24.2 Å². The topological polar surface area (TPSA) is 20.2 Å². The Hall–Kier alpha value is -0.0400. The van der Waals surface area contributed by atoms with Crippen molar-refractivity contribution in [2.45, 2.75) is 85.2 Å². The van der Waals surface area contributed by atoms with Crippen LogP contribution in [0, 0.1) is 39.9 Å². The molecule has 0 aromatic heterocycles. The predicted octanol–water partition coefficient (Wildman–Crippen LogP) is 5.03. The summed E-state index contributed by atoms with van der Waals surface area (Å²) in [6.45, 7) is 12.2. The fourth-order valence-corrected chi connectivity index (χ4v) is 7.93. The third-order valence-electron chi connectivity index (χ3n) is 9.11.